The standard InChI is InChI=1S/C12H19NO2/c1-2-3-4-5-8-12(14)13-11-7-6-9-15-10-11/h6-7,9H,2-5,8,10H2,1H3,(H,13,14). The molecule has 84 valence electrons. The predicted molar refractivity (Wildman–Crippen MR) is 60.1 cm³/mol. The van der Waals surface area contributed by atoms with E-state index in [1.165, 1.54) is 12.8 Å². The minimum absolute atomic E-state index is 0.0938. The number of allylic oxidation sites excluding steroid dienone is 2. The van der Waals surface area contributed by atoms with Crippen LogP contribution in [0.3, 0.4) is 0 Å². The van der Waals surface area contributed by atoms with E-state index in [9.17, 15) is 4.79 Å². The van der Waals surface area contributed by atoms with E-state index < -0.39 is 0 Å². The van der Waals surface area contributed by atoms with Crippen molar-refractivity contribution in [3.05, 3.63) is 24.1 Å². The first-order chi connectivity index (χ1) is 7.33. The molecule has 0 aromatic carbocycles. The monoisotopic (exact) mass is 209 g/mol. The van der Waals surface area contributed by atoms with E-state index in [0.29, 0.717) is 13.0 Å². The van der Waals surface area contributed by atoms with E-state index in [1.54, 1.807) is 12.3 Å². The molecular weight excluding hydrogens is 190 g/mol. The number of carbonyl (C=O) groups excluding carboxylic acids is 1. The van der Waals surface area contributed by atoms with E-state index >= 15 is 0 Å². The van der Waals surface area contributed by atoms with Gasteiger partial charge < -0.3 is 10.1 Å². The predicted octanol–water partition coefficient (Wildman–Crippen LogP) is 2.50. The van der Waals surface area contributed by atoms with Gasteiger partial charge in [0.25, 0.3) is 0 Å². The fourth-order valence-electron chi connectivity index (χ4n) is 1.43. The van der Waals surface area contributed by atoms with Crippen LogP contribution in [0.4, 0.5) is 0 Å². The molecule has 15 heavy (non-hydrogen) atoms. The summed E-state index contributed by atoms with van der Waals surface area (Å²) >= 11 is 0. The third-order valence-corrected chi connectivity index (χ3v) is 2.27. The Labute approximate surface area is 91.2 Å². The van der Waals surface area contributed by atoms with Crippen molar-refractivity contribution in [1.82, 2.24) is 5.32 Å². The largest absolute Gasteiger partial charge is 0.495 e. The highest BCUT2D eigenvalue weighted by Crippen LogP contribution is 2.04. The molecule has 1 N–H and O–H groups in total. The molecule has 0 bridgehead atoms. The average Bonchev–Trinajstić information content (AvgIpc) is 2.26. The average molecular weight is 209 g/mol. The molecule has 0 spiro atoms. The molecule has 0 unspecified atom stereocenters. The zero-order chi connectivity index (χ0) is 10.9. The van der Waals surface area contributed by atoms with Crippen molar-refractivity contribution in [1.29, 1.82) is 0 Å². The van der Waals surface area contributed by atoms with Crippen molar-refractivity contribution >= 4 is 5.91 Å². The van der Waals surface area contributed by atoms with Crippen LogP contribution in [0.2, 0.25) is 0 Å². The molecule has 1 amide bonds. The lowest BCUT2D eigenvalue weighted by atomic mass is 10.1. The maximum absolute atomic E-state index is 11.4. The lowest BCUT2D eigenvalue weighted by Crippen LogP contribution is -2.25. The minimum Gasteiger partial charge on any atom is -0.495 e. The van der Waals surface area contributed by atoms with Crippen LogP contribution in [0, 0.1) is 0 Å². The Balaban J connectivity index is 2.12. The second-order valence-electron chi connectivity index (χ2n) is 3.69. The Morgan fingerprint density at radius 2 is 2.33 bits per heavy atom. The van der Waals surface area contributed by atoms with E-state index in [2.05, 4.69) is 12.2 Å². The quantitative estimate of drug-likeness (QED) is 0.682. The lowest BCUT2D eigenvalue weighted by Gasteiger charge is -2.11. The van der Waals surface area contributed by atoms with Gasteiger partial charge in [-0.2, -0.15) is 0 Å². The molecule has 1 heterocycles. The molecule has 0 aromatic heterocycles. The number of rotatable bonds is 6. The van der Waals surface area contributed by atoms with Crippen LogP contribution >= 0.6 is 0 Å². The highest BCUT2D eigenvalue weighted by molar-refractivity contribution is 5.77. The summed E-state index contributed by atoms with van der Waals surface area (Å²) in [6.07, 6.45) is 10.4. The highest BCUT2D eigenvalue weighted by Gasteiger charge is 2.05. The fraction of sp³-hybridized carbons (Fsp3) is 0.583. The fourth-order valence-corrected chi connectivity index (χ4v) is 1.43. The smallest absolute Gasteiger partial charge is 0.224 e. The van der Waals surface area contributed by atoms with Gasteiger partial charge in [-0.25, -0.2) is 0 Å². The van der Waals surface area contributed by atoms with Crippen LogP contribution < -0.4 is 5.32 Å². The lowest BCUT2D eigenvalue weighted by molar-refractivity contribution is -0.120. The molecule has 0 aliphatic carbocycles. The third kappa shape index (κ3) is 5.25. The van der Waals surface area contributed by atoms with Crippen LogP contribution in [0.25, 0.3) is 0 Å². The Kier molecular flexibility index (Phi) is 5.59. The number of unbranched alkanes of at least 4 members (excludes halogenated alkanes) is 3. The second kappa shape index (κ2) is 7.10. The first-order valence-corrected chi connectivity index (χ1v) is 5.60. The Hall–Kier alpha value is -1.25. The summed E-state index contributed by atoms with van der Waals surface area (Å²) in [5.74, 6) is 0.0938. The molecular formula is C12H19NO2. The molecule has 0 atom stereocenters. The minimum atomic E-state index is 0.0938. The van der Waals surface area contributed by atoms with Gasteiger partial charge in [0.15, 0.2) is 0 Å². The van der Waals surface area contributed by atoms with Gasteiger partial charge in [-0.3, -0.25) is 4.79 Å². The molecule has 1 aliphatic heterocycles. The van der Waals surface area contributed by atoms with Gasteiger partial charge in [0.05, 0.1) is 12.0 Å². The number of carbonyl (C=O) groups is 1. The van der Waals surface area contributed by atoms with E-state index in [0.717, 1.165) is 18.5 Å². The SMILES string of the molecule is CCCCCCC(=O)NC1=CC=COC1. The van der Waals surface area contributed by atoms with Gasteiger partial charge >= 0.3 is 0 Å². The Morgan fingerprint density at radius 1 is 1.47 bits per heavy atom. The van der Waals surface area contributed by atoms with Gasteiger partial charge in [-0.15, -0.1) is 0 Å². The maximum atomic E-state index is 11.4. The van der Waals surface area contributed by atoms with Crippen LogP contribution in [0.5, 0.6) is 0 Å². The Morgan fingerprint density at radius 3 is 3.00 bits per heavy atom. The molecule has 3 nitrogen and oxygen atoms in total. The zero-order valence-electron chi connectivity index (χ0n) is 9.29. The van der Waals surface area contributed by atoms with Crippen molar-refractivity contribution in [2.24, 2.45) is 0 Å². The van der Waals surface area contributed by atoms with Crippen LogP contribution in [0.1, 0.15) is 39.0 Å². The van der Waals surface area contributed by atoms with Gasteiger partial charge in [0.1, 0.15) is 6.61 Å². The summed E-state index contributed by atoms with van der Waals surface area (Å²) in [5.41, 5.74) is 0.845. The molecule has 3 heteroatoms. The first-order valence-electron chi connectivity index (χ1n) is 5.60. The summed E-state index contributed by atoms with van der Waals surface area (Å²) in [6, 6.07) is 0. The van der Waals surface area contributed by atoms with E-state index in [4.69, 9.17) is 4.74 Å². The number of nitrogens with one attached hydrogen (secondary N) is 1. The number of ether oxygens (including phenoxy) is 1. The molecule has 1 aliphatic rings. The van der Waals surface area contributed by atoms with Crippen molar-refractivity contribution in [2.45, 2.75) is 39.0 Å². The van der Waals surface area contributed by atoms with Crippen molar-refractivity contribution in [3.63, 3.8) is 0 Å². The molecule has 0 radical (unpaired) electrons. The van der Waals surface area contributed by atoms with Crippen LogP contribution in [0.15, 0.2) is 24.1 Å². The van der Waals surface area contributed by atoms with Crippen molar-refractivity contribution in [3.8, 4) is 0 Å². The second-order valence-corrected chi connectivity index (χ2v) is 3.69. The molecule has 0 fully saturated rings. The maximum Gasteiger partial charge on any atom is 0.224 e. The number of amides is 1. The summed E-state index contributed by atoms with van der Waals surface area (Å²) in [7, 11) is 0. The van der Waals surface area contributed by atoms with Gasteiger partial charge in [0.2, 0.25) is 5.91 Å². The molecule has 0 saturated carbocycles. The topological polar surface area (TPSA) is 38.3 Å². The van der Waals surface area contributed by atoms with Crippen molar-refractivity contribution in [2.75, 3.05) is 6.61 Å². The summed E-state index contributed by atoms with van der Waals surface area (Å²) < 4.78 is 5.06. The molecule has 1 rings (SSSR count). The van der Waals surface area contributed by atoms with E-state index in [-0.39, 0.29) is 5.91 Å². The third-order valence-electron chi connectivity index (χ3n) is 2.27. The Bertz CT molecular complexity index is 256. The molecule has 0 saturated heterocycles. The number of hydrogen-bond acceptors (Lipinski definition) is 2. The summed E-state index contributed by atoms with van der Waals surface area (Å²) in [5, 5.41) is 2.84. The highest BCUT2D eigenvalue weighted by atomic mass is 16.5. The number of hydrogen-bond donors (Lipinski definition) is 1. The van der Waals surface area contributed by atoms with Gasteiger partial charge in [-0.1, -0.05) is 26.2 Å². The zero-order valence-corrected chi connectivity index (χ0v) is 9.29. The normalized spacial score (nSPS) is 14.3. The van der Waals surface area contributed by atoms with Gasteiger partial charge in [-0.05, 0) is 18.6 Å². The first kappa shape index (κ1) is 11.8. The summed E-state index contributed by atoms with van der Waals surface area (Å²) in [4.78, 5) is 11.4. The van der Waals surface area contributed by atoms with Crippen LogP contribution in [-0.2, 0) is 9.53 Å². The van der Waals surface area contributed by atoms with Crippen molar-refractivity contribution < 1.29 is 9.53 Å². The van der Waals surface area contributed by atoms with Gasteiger partial charge in [0, 0.05) is 6.42 Å². The van der Waals surface area contributed by atoms with Crippen LogP contribution in [-0.4, -0.2) is 12.5 Å². The summed E-state index contributed by atoms with van der Waals surface area (Å²) in [6.45, 7) is 2.63. The van der Waals surface area contributed by atoms with E-state index in [1.807, 2.05) is 6.08 Å². The molecule has 0 aromatic rings.